The fraction of sp³-hybridized carbons (Fsp3) is 0.308. The van der Waals surface area contributed by atoms with E-state index in [1.165, 1.54) is 0 Å². The summed E-state index contributed by atoms with van der Waals surface area (Å²) in [6.45, 7) is 15.2. The highest BCUT2D eigenvalue weighted by Gasteiger charge is 2.40. The number of rotatable bonds is 12. The second-order valence-corrected chi connectivity index (χ2v) is 13.2. The zero-order valence-electron chi connectivity index (χ0n) is 28.5. The smallest absolute Gasteiger partial charge is 0.283 e. The Hall–Kier alpha value is -3.63. The molecule has 1 atom stereocenters. The Kier molecular flexibility index (Phi) is 13.3. The molecule has 0 saturated heterocycles. The number of hydrogen-bond donors (Lipinski definition) is 1. The molecule has 1 aliphatic heterocycles. The molecule has 48 heavy (non-hydrogen) atoms. The van der Waals surface area contributed by atoms with Crippen molar-refractivity contribution >= 4 is 43.5 Å². The van der Waals surface area contributed by atoms with Gasteiger partial charge in [0.15, 0.2) is 5.54 Å². The van der Waals surface area contributed by atoms with Gasteiger partial charge in [-0.05, 0) is 132 Å². The van der Waals surface area contributed by atoms with Crippen molar-refractivity contribution in [1.82, 2.24) is 0 Å². The zero-order chi connectivity index (χ0) is 34.8. The van der Waals surface area contributed by atoms with E-state index in [4.69, 9.17) is 29.4 Å². The van der Waals surface area contributed by atoms with Gasteiger partial charge in [-0.1, -0.05) is 56.6 Å². The van der Waals surface area contributed by atoms with Crippen molar-refractivity contribution in [3.8, 4) is 11.5 Å². The van der Waals surface area contributed by atoms with Crippen molar-refractivity contribution in [3.05, 3.63) is 133 Å². The van der Waals surface area contributed by atoms with E-state index in [-0.39, 0.29) is 6.02 Å². The van der Waals surface area contributed by atoms with Crippen LogP contribution in [0.1, 0.15) is 58.4 Å². The van der Waals surface area contributed by atoms with Crippen LogP contribution in [0.3, 0.4) is 0 Å². The Morgan fingerprint density at radius 1 is 0.771 bits per heavy atom. The van der Waals surface area contributed by atoms with Gasteiger partial charge in [0, 0.05) is 22.2 Å². The summed E-state index contributed by atoms with van der Waals surface area (Å²) < 4.78 is 29.4. The molecule has 9 heteroatoms. The number of halogens is 2. The van der Waals surface area contributed by atoms with E-state index in [0.29, 0.717) is 33.0 Å². The van der Waals surface area contributed by atoms with Crippen molar-refractivity contribution in [3.63, 3.8) is 0 Å². The molecule has 0 fully saturated rings. The lowest BCUT2D eigenvalue weighted by atomic mass is 9.83. The third kappa shape index (κ3) is 9.08. The largest absolute Gasteiger partial charge is 0.496 e. The molecule has 1 unspecified atom stereocenters. The van der Waals surface area contributed by atoms with Crippen LogP contribution in [0, 0.1) is 13.8 Å². The van der Waals surface area contributed by atoms with E-state index in [1.54, 1.807) is 14.2 Å². The van der Waals surface area contributed by atoms with Crippen LogP contribution in [0.4, 0.5) is 0 Å². The molecule has 7 nitrogen and oxygen atoms in total. The Bertz CT molecular complexity index is 1770. The Labute approximate surface area is 301 Å². The first-order valence-electron chi connectivity index (χ1n) is 15.8. The molecule has 4 aromatic rings. The van der Waals surface area contributed by atoms with Crippen molar-refractivity contribution in [2.24, 2.45) is 10.7 Å². The number of aryl methyl sites for hydroxylation is 2. The fourth-order valence-electron chi connectivity index (χ4n) is 5.58. The Morgan fingerprint density at radius 2 is 1.35 bits per heavy atom. The van der Waals surface area contributed by atoms with Gasteiger partial charge in [0.1, 0.15) is 18.1 Å². The van der Waals surface area contributed by atoms with Gasteiger partial charge in [-0.2, -0.15) is 0 Å². The van der Waals surface area contributed by atoms with Crippen LogP contribution < -0.4 is 15.2 Å². The van der Waals surface area contributed by atoms with Gasteiger partial charge in [0.2, 0.25) is 0 Å². The number of amidine groups is 1. The topological polar surface area (TPSA) is 84.5 Å². The Morgan fingerprint density at radius 3 is 1.90 bits per heavy atom. The van der Waals surface area contributed by atoms with E-state index < -0.39 is 5.54 Å². The number of nitrogens with zero attached hydrogens (tertiary/aromatic N) is 1. The van der Waals surface area contributed by atoms with Gasteiger partial charge >= 0.3 is 0 Å². The molecule has 1 aliphatic rings. The molecule has 0 radical (unpaired) electrons. The normalized spacial score (nSPS) is 15.2. The second kappa shape index (κ2) is 17.2. The maximum atomic E-state index is 5.90. The third-order valence-electron chi connectivity index (χ3n) is 8.03. The molecule has 0 saturated carbocycles. The highest BCUT2D eigenvalue weighted by molar-refractivity contribution is 9.10. The average molecular weight is 781 g/mol. The van der Waals surface area contributed by atoms with E-state index in [9.17, 15) is 0 Å². The van der Waals surface area contributed by atoms with Crippen LogP contribution in [-0.4, -0.2) is 40.1 Å². The number of benzene rings is 4. The molecule has 0 aromatic heterocycles. The third-order valence-corrected chi connectivity index (χ3v) is 8.95. The molecule has 1 heterocycles. The number of hydrogen-bond acceptors (Lipinski definition) is 7. The zero-order valence-corrected chi connectivity index (χ0v) is 31.7. The predicted molar refractivity (Wildman–Crippen MR) is 201 cm³/mol. The average Bonchev–Trinajstić information content (AvgIpc) is 3.48. The number of nitrogens with two attached hydrogens (primary N) is 1. The van der Waals surface area contributed by atoms with E-state index in [2.05, 4.69) is 92.0 Å². The first-order chi connectivity index (χ1) is 23.0. The van der Waals surface area contributed by atoms with Crippen LogP contribution in [0.15, 0.2) is 93.3 Å². The monoisotopic (exact) mass is 778 g/mol. The van der Waals surface area contributed by atoms with Crippen molar-refractivity contribution in [1.29, 1.82) is 0 Å². The maximum absolute atomic E-state index is 5.90. The minimum absolute atomic E-state index is 0.199. The molecule has 0 spiro atoms. The fourth-order valence-corrected chi connectivity index (χ4v) is 6.66. The van der Waals surface area contributed by atoms with Gasteiger partial charge in [0.25, 0.3) is 6.02 Å². The molecule has 4 aromatic carbocycles. The summed E-state index contributed by atoms with van der Waals surface area (Å²) >= 11 is 7.17. The highest BCUT2D eigenvalue weighted by Crippen LogP contribution is 2.40. The second-order valence-electron chi connectivity index (χ2n) is 11.4. The molecule has 254 valence electrons. The summed E-state index contributed by atoms with van der Waals surface area (Å²) in [7, 11) is 3.35. The summed E-state index contributed by atoms with van der Waals surface area (Å²) in [5.74, 6) is 1.73. The highest BCUT2D eigenvalue weighted by atomic mass is 79.9. The molecule has 2 N–H and O–H groups in total. The Balaban J connectivity index is 0.000000220. The number of ether oxygens (including phenoxy) is 5. The predicted octanol–water partition coefficient (Wildman–Crippen LogP) is 9.26. The van der Waals surface area contributed by atoms with Crippen LogP contribution >= 0.6 is 31.9 Å². The summed E-state index contributed by atoms with van der Waals surface area (Å²) in [6.07, 6.45) is 0. The van der Waals surface area contributed by atoms with E-state index in [1.807, 2.05) is 52.0 Å². The minimum atomic E-state index is -0.689. The van der Waals surface area contributed by atoms with Gasteiger partial charge in [-0.15, -0.1) is 0 Å². The van der Waals surface area contributed by atoms with Crippen molar-refractivity contribution in [2.75, 3.05) is 34.0 Å². The van der Waals surface area contributed by atoms with Crippen LogP contribution in [0.2, 0.25) is 0 Å². The molecular weight excluding hydrogens is 736 g/mol. The molecule has 0 aliphatic carbocycles. The van der Waals surface area contributed by atoms with Gasteiger partial charge in [-0.25, -0.2) is 4.99 Å². The summed E-state index contributed by atoms with van der Waals surface area (Å²) in [5.41, 5.74) is 14.8. The number of aliphatic imine (C=N–C) groups is 1. The summed E-state index contributed by atoms with van der Waals surface area (Å²) in [4.78, 5) is 4.69. The lowest BCUT2D eigenvalue weighted by Crippen LogP contribution is -2.27. The van der Waals surface area contributed by atoms with Crippen LogP contribution in [0.5, 0.6) is 11.5 Å². The van der Waals surface area contributed by atoms with E-state index in [0.717, 1.165) is 70.5 Å². The summed E-state index contributed by atoms with van der Waals surface area (Å²) in [6, 6.07) is 24.9. The first-order valence-corrected chi connectivity index (χ1v) is 17.3. The van der Waals surface area contributed by atoms with Crippen LogP contribution in [0.25, 0.3) is 5.57 Å². The first kappa shape index (κ1) is 37.2. The van der Waals surface area contributed by atoms with Gasteiger partial charge in [-0.3, -0.25) is 0 Å². The lowest BCUT2D eigenvalue weighted by molar-refractivity contribution is 0.134. The van der Waals surface area contributed by atoms with E-state index >= 15 is 0 Å². The molecule has 5 rings (SSSR count). The quantitative estimate of drug-likeness (QED) is 0.154. The van der Waals surface area contributed by atoms with Crippen molar-refractivity contribution in [2.45, 2.75) is 46.4 Å². The molecule has 0 bridgehead atoms. The standard InChI is InChI=1S/C20H23BrN2O3.C19H21BrO2/c1-4-25-11-14-8-16(10-17(21)9-14)20(12-26-19(22)23-20)15-5-6-18(24-3)13(2)7-15;1-5-22-12-15-9-17(11-18(20)10-15)14(3)16-6-7-19(21-4)13(2)8-16/h5-10H,4,11-12H2,1-3H3,(H2,22,23);6-11H,3,5,12H2,1-2,4H3. The maximum Gasteiger partial charge on any atom is 0.283 e. The van der Waals surface area contributed by atoms with Gasteiger partial charge < -0.3 is 29.4 Å². The molecule has 0 amide bonds. The minimum Gasteiger partial charge on any atom is -0.496 e. The SMILES string of the molecule is C=C(c1cc(Br)cc(COCC)c1)c1ccc(OC)c(C)c1.CCOCc1cc(Br)cc(C2(c3ccc(OC)c(C)c3)COC(N)=N2)c1. The molecular formula is C39H44Br2N2O5. The van der Waals surface area contributed by atoms with Crippen LogP contribution in [-0.2, 0) is 33.0 Å². The van der Waals surface area contributed by atoms with Gasteiger partial charge in [0.05, 0.1) is 27.4 Å². The summed E-state index contributed by atoms with van der Waals surface area (Å²) in [5, 5.41) is 0. The van der Waals surface area contributed by atoms with Crippen molar-refractivity contribution < 1.29 is 23.7 Å². The number of methoxy groups -OCH3 is 2. The lowest BCUT2D eigenvalue weighted by Gasteiger charge is -2.27.